The molecule has 0 radical (unpaired) electrons. The molecule has 4 nitrogen and oxygen atoms in total. The molecule has 0 aliphatic carbocycles. The summed E-state index contributed by atoms with van der Waals surface area (Å²) in [7, 11) is 2.10. The van der Waals surface area contributed by atoms with Crippen LogP contribution in [0.15, 0.2) is 24.5 Å². The minimum Gasteiger partial charge on any atom is -0.368 e. The summed E-state index contributed by atoms with van der Waals surface area (Å²) in [6.07, 6.45) is 2.52. The zero-order chi connectivity index (χ0) is 14.5. The van der Waals surface area contributed by atoms with Gasteiger partial charge >= 0.3 is 0 Å². The van der Waals surface area contributed by atoms with Crippen molar-refractivity contribution in [3.05, 3.63) is 30.3 Å². The first-order chi connectivity index (χ1) is 9.63. The summed E-state index contributed by atoms with van der Waals surface area (Å²) in [5, 5.41) is 3.99. The lowest BCUT2D eigenvalue weighted by Crippen LogP contribution is -2.32. The Hall–Kier alpha value is -1.75. The lowest BCUT2D eigenvalue weighted by atomic mass is 10.2. The Kier molecular flexibility index (Phi) is 4.84. The molecule has 1 heterocycles. The molecule has 0 saturated carbocycles. The third-order valence-corrected chi connectivity index (χ3v) is 3.72. The van der Waals surface area contributed by atoms with Crippen molar-refractivity contribution in [3.63, 3.8) is 0 Å². The van der Waals surface area contributed by atoms with Gasteiger partial charge in [0, 0.05) is 24.5 Å². The smallest absolute Gasteiger partial charge is 0.149 e. The highest BCUT2D eigenvalue weighted by atomic mass is 19.1. The maximum atomic E-state index is 13.6. The molecule has 0 amide bonds. The first-order valence-corrected chi connectivity index (χ1v) is 6.96. The van der Waals surface area contributed by atoms with E-state index < -0.39 is 0 Å². The van der Waals surface area contributed by atoms with E-state index in [1.54, 1.807) is 6.07 Å². The molecule has 2 aromatic rings. The maximum absolute atomic E-state index is 13.6. The Bertz CT molecular complexity index is 573. The molecule has 20 heavy (non-hydrogen) atoms. The predicted octanol–water partition coefficient (Wildman–Crippen LogP) is 2.91. The van der Waals surface area contributed by atoms with Crippen LogP contribution in [0, 0.1) is 5.82 Å². The summed E-state index contributed by atoms with van der Waals surface area (Å²) in [4.78, 5) is 10.5. The summed E-state index contributed by atoms with van der Waals surface area (Å²) in [5.41, 5.74) is 0.361. The van der Waals surface area contributed by atoms with E-state index in [0.717, 1.165) is 24.9 Å². The van der Waals surface area contributed by atoms with Crippen molar-refractivity contribution < 1.29 is 4.39 Å². The molecule has 1 N–H and O–H groups in total. The third-order valence-electron chi connectivity index (χ3n) is 3.72. The van der Waals surface area contributed by atoms with Gasteiger partial charge in [-0.25, -0.2) is 14.4 Å². The van der Waals surface area contributed by atoms with Gasteiger partial charge in [-0.3, -0.25) is 0 Å². The van der Waals surface area contributed by atoms with Gasteiger partial charge in [0.15, 0.2) is 0 Å². The second-order valence-electron chi connectivity index (χ2n) is 5.02. The van der Waals surface area contributed by atoms with Crippen LogP contribution in [0.1, 0.15) is 20.3 Å². The van der Waals surface area contributed by atoms with Crippen molar-refractivity contribution in [1.29, 1.82) is 0 Å². The van der Waals surface area contributed by atoms with Crippen molar-refractivity contribution in [2.45, 2.75) is 26.3 Å². The minimum atomic E-state index is -0.315. The quantitative estimate of drug-likeness (QED) is 0.880. The monoisotopic (exact) mass is 276 g/mol. The van der Waals surface area contributed by atoms with Crippen molar-refractivity contribution in [3.8, 4) is 0 Å². The third kappa shape index (κ3) is 3.22. The Morgan fingerprint density at radius 1 is 1.35 bits per heavy atom. The van der Waals surface area contributed by atoms with Crippen LogP contribution in [0.5, 0.6) is 0 Å². The number of benzene rings is 1. The SMILES string of the molecule is CCC(C)N(C)CCNc1ncnc2c(F)cccc12. The first-order valence-electron chi connectivity index (χ1n) is 6.96. The number of likely N-dealkylation sites (N-methyl/N-ethyl adjacent to an activating group) is 1. The molecule has 1 aromatic heterocycles. The van der Waals surface area contributed by atoms with Crippen LogP contribution in [0.2, 0.25) is 0 Å². The summed E-state index contributed by atoms with van der Waals surface area (Å²) < 4.78 is 13.6. The largest absolute Gasteiger partial charge is 0.368 e. The van der Waals surface area contributed by atoms with Crippen LogP contribution in [0.25, 0.3) is 10.9 Å². The zero-order valence-corrected chi connectivity index (χ0v) is 12.2. The van der Waals surface area contributed by atoms with E-state index in [2.05, 4.69) is 41.1 Å². The molecule has 5 heteroatoms. The highest BCUT2D eigenvalue weighted by molar-refractivity contribution is 5.89. The lowest BCUT2D eigenvalue weighted by Gasteiger charge is -2.23. The van der Waals surface area contributed by atoms with Gasteiger partial charge in [-0.05, 0) is 32.5 Å². The van der Waals surface area contributed by atoms with Gasteiger partial charge in [-0.1, -0.05) is 13.0 Å². The molecule has 1 atom stereocenters. The van der Waals surface area contributed by atoms with Gasteiger partial charge in [0.25, 0.3) is 0 Å². The van der Waals surface area contributed by atoms with E-state index in [1.165, 1.54) is 12.4 Å². The molecular formula is C15H21FN4. The highest BCUT2D eigenvalue weighted by Gasteiger charge is 2.08. The second-order valence-corrected chi connectivity index (χ2v) is 5.02. The number of hydrogen-bond acceptors (Lipinski definition) is 4. The van der Waals surface area contributed by atoms with E-state index in [-0.39, 0.29) is 5.82 Å². The van der Waals surface area contributed by atoms with Crippen LogP contribution in [0.3, 0.4) is 0 Å². The van der Waals surface area contributed by atoms with Gasteiger partial charge in [0.05, 0.1) is 0 Å². The Morgan fingerprint density at radius 3 is 2.90 bits per heavy atom. The van der Waals surface area contributed by atoms with Crippen LogP contribution in [-0.4, -0.2) is 41.0 Å². The molecule has 2 rings (SSSR count). The van der Waals surface area contributed by atoms with Crippen LogP contribution < -0.4 is 5.32 Å². The molecule has 0 aliphatic rings. The van der Waals surface area contributed by atoms with Crippen LogP contribution >= 0.6 is 0 Å². The van der Waals surface area contributed by atoms with Crippen molar-refractivity contribution in [1.82, 2.24) is 14.9 Å². The number of hydrogen-bond donors (Lipinski definition) is 1. The van der Waals surface area contributed by atoms with Gasteiger partial charge < -0.3 is 10.2 Å². The number of nitrogens with zero attached hydrogens (tertiary/aromatic N) is 3. The summed E-state index contributed by atoms with van der Waals surface area (Å²) in [5.74, 6) is 0.372. The number of anilines is 1. The van der Waals surface area contributed by atoms with Crippen molar-refractivity contribution in [2.24, 2.45) is 0 Å². The van der Waals surface area contributed by atoms with Crippen molar-refractivity contribution in [2.75, 3.05) is 25.5 Å². The number of nitrogens with one attached hydrogen (secondary N) is 1. The van der Waals surface area contributed by atoms with Gasteiger partial charge in [-0.15, -0.1) is 0 Å². The number of halogens is 1. The normalized spacial score (nSPS) is 12.8. The topological polar surface area (TPSA) is 41.0 Å². The lowest BCUT2D eigenvalue weighted by molar-refractivity contribution is 0.261. The van der Waals surface area contributed by atoms with Gasteiger partial charge in [-0.2, -0.15) is 0 Å². The maximum Gasteiger partial charge on any atom is 0.149 e. The Morgan fingerprint density at radius 2 is 2.15 bits per heavy atom. The molecule has 0 fully saturated rings. The average Bonchev–Trinajstić information content (AvgIpc) is 2.47. The number of fused-ring (bicyclic) bond motifs is 1. The fourth-order valence-electron chi connectivity index (χ4n) is 2.08. The molecule has 0 aliphatic heterocycles. The number of aromatic nitrogens is 2. The minimum absolute atomic E-state index is 0.315. The van der Waals surface area contributed by atoms with E-state index in [4.69, 9.17) is 0 Å². The van der Waals surface area contributed by atoms with E-state index in [9.17, 15) is 4.39 Å². The predicted molar refractivity (Wildman–Crippen MR) is 80.4 cm³/mol. The van der Waals surface area contributed by atoms with Crippen LogP contribution in [0.4, 0.5) is 10.2 Å². The second kappa shape index (κ2) is 6.61. The zero-order valence-electron chi connectivity index (χ0n) is 12.2. The fraction of sp³-hybridized carbons (Fsp3) is 0.467. The van der Waals surface area contributed by atoms with Gasteiger partial charge in [0.2, 0.25) is 0 Å². The summed E-state index contributed by atoms with van der Waals surface area (Å²) in [6, 6.07) is 5.48. The van der Waals surface area contributed by atoms with E-state index in [0.29, 0.717) is 17.4 Å². The fourth-order valence-corrected chi connectivity index (χ4v) is 2.08. The standard InChI is InChI=1S/C15H21FN4/c1-4-11(2)20(3)9-8-17-15-12-6-5-7-13(16)14(12)18-10-19-15/h5-7,10-11H,4,8-9H2,1-3H3,(H,17,18,19). The molecule has 0 saturated heterocycles. The van der Waals surface area contributed by atoms with E-state index in [1.807, 2.05) is 6.07 Å². The highest BCUT2D eigenvalue weighted by Crippen LogP contribution is 2.20. The Balaban J connectivity index is 2.05. The molecule has 1 aromatic carbocycles. The average molecular weight is 276 g/mol. The molecule has 1 unspecified atom stereocenters. The number of rotatable bonds is 6. The molecule has 0 bridgehead atoms. The number of para-hydroxylation sites is 1. The molecular weight excluding hydrogens is 255 g/mol. The first kappa shape index (κ1) is 14.7. The molecule has 108 valence electrons. The van der Waals surface area contributed by atoms with Gasteiger partial charge in [0.1, 0.15) is 23.5 Å². The van der Waals surface area contributed by atoms with Crippen molar-refractivity contribution >= 4 is 16.7 Å². The summed E-state index contributed by atoms with van der Waals surface area (Å²) in [6.45, 7) is 6.06. The summed E-state index contributed by atoms with van der Waals surface area (Å²) >= 11 is 0. The molecule has 0 spiro atoms. The van der Waals surface area contributed by atoms with E-state index >= 15 is 0 Å². The van der Waals surface area contributed by atoms with Crippen LogP contribution in [-0.2, 0) is 0 Å². The Labute approximate surface area is 119 Å².